The molecule has 0 aliphatic rings. The molecule has 1 aromatic carbocycles. The molecule has 3 rings (SSSR count). The predicted octanol–water partition coefficient (Wildman–Crippen LogP) is 3.21. The Balaban J connectivity index is 1.66. The molecule has 2 aromatic heterocycles. The molecule has 0 bridgehead atoms. The van der Waals surface area contributed by atoms with E-state index in [1.165, 1.54) is 0 Å². The number of imidazole rings is 1. The van der Waals surface area contributed by atoms with E-state index in [1.54, 1.807) is 31.3 Å². The lowest BCUT2D eigenvalue weighted by molar-refractivity contribution is -0.115. The van der Waals surface area contributed by atoms with Crippen LogP contribution in [0, 0.1) is 6.92 Å². The Morgan fingerprint density at radius 3 is 2.82 bits per heavy atom. The summed E-state index contributed by atoms with van der Waals surface area (Å²) in [4.78, 5) is 19.1. The van der Waals surface area contributed by atoms with Gasteiger partial charge in [0.25, 0.3) is 0 Å². The normalized spacial score (nSPS) is 10.6. The van der Waals surface area contributed by atoms with E-state index in [-0.39, 0.29) is 12.3 Å². The molecule has 6 nitrogen and oxygen atoms in total. The highest BCUT2D eigenvalue weighted by molar-refractivity contribution is 6.30. The Labute approximate surface area is 131 Å². The van der Waals surface area contributed by atoms with E-state index in [1.807, 2.05) is 12.1 Å². The molecular formula is C15H13ClN4O2. The molecule has 3 aromatic rings. The maximum atomic E-state index is 11.9. The number of amides is 1. The number of nitrogens with one attached hydrogen (secondary N) is 2. The van der Waals surface area contributed by atoms with Crippen molar-refractivity contribution >= 4 is 23.5 Å². The third-order valence-electron chi connectivity index (χ3n) is 3.00. The molecular weight excluding hydrogens is 304 g/mol. The van der Waals surface area contributed by atoms with Crippen LogP contribution in [-0.4, -0.2) is 21.0 Å². The largest absolute Gasteiger partial charge is 0.361 e. The van der Waals surface area contributed by atoms with Gasteiger partial charge in [-0.3, -0.25) is 10.1 Å². The van der Waals surface area contributed by atoms with Crippen molar-refractivity contribution < 1.29 is 9.32 Å². The molecule has 0 atom stereocenters. The molecule has 22 heavy (non-hydrogen) atoms. The second kappa shape index (κ2) is 6.03. The van der Waals surface area contributed by atoms with Crippen molar-refractivity contribution in [3.63, 3.8) is 0 Å². The van der Waals surface area contributed by atoms with Crippen molar-refractivity contribution in [1.82, 2.24) is 15.1 Å². The number of aromatic nitrogens is 3. The number of hydrogen-bond acceptors (Lipinski definition) is 4. The zero-order valence-corrected chi connectivity index (χ0v) is 12.5. The Bertz CT molecular complexity index is 792. The minimum Gasteiger partial charge on any atom is -0.361 e. The second-order valence-electron chi connectivity index (χ2n) is 4.81. The summed E-state index contributed by atoms with van der Waals surface area (Å²) < 4.78 is 5.00. The first-order valence-corrected chi connectivity index (χ1v) is 7.01. The van der Waals surface area contributed by atoms with Gasteiger partial charge in [-0.1, -0.05) is 28.9 Å². The Kier molecular flexibility index (Phi) is 3.93. The van der Waals surface area contributed by atoms with Crippen molar-refractivity contribution in [3.05, 3.63) is 53.0 Å². The summed E-state index contributed by atoms with van der Waals surface area (Å²) in [7, 11) is 0. The summed E-state index contributed by atoms with van der Waals surface area (Å²) >= 11 is 5.86. The molecule has 1 amide bonds. The topological polar surface area (TPSA) is 83.8 Å². The van der Waals surface area contributed by atoms with E-state index >= 15 is 0 Å². The molecule has 2 heterocycles. The Morgan fingerprint density at radius 2 is 2.14 bits per heavy atom. The monoisotopic (exact) mass is 316 g/mol. The fraction of sp³-hybridized carbons (Fsp3) is 0.133. The first kappa shape index (κ1) is 14.3. The quantitative estimate of drug-likeness (QED) is 0.774. The Hall–Kier alpha value is -2.60. The second-order valence-corrected chi connectivity index (χ2v) is 5.25. The molecule has 0 radical (unpaired) electrons. The van der Waals surface area contributed by atoms with Crippen LogP contribution in [0.1, 0.15) is 11.5 Å². The van der Waals surface area contributed by atoms with Gasteiger partial charge in [0.2, 0.25) is 11.9 Å². The minimum atomic E-state index is -0.229. The van der Waals surface area contributed by atoms with Crippen LogP contribution in [0.5, 0.6) is 0 Å². The molecule has 112 valence electrons. The molecule has 0 saturated heterocycles. The van der Waals surface area contributed by atoms with Crippen LogP contribution in [-0.2, 0) is 11.2 Å². The number of hydrogen-bond donors (Lipinski definition) is 2. The van der Waals surface area contributed by atoms with E-state index in [2.05, 4.69) is 20.4 Å². The van der Waals surface area contributed by atoms with Crippen LogP contribution in [0.2, 0.25) is 5.02 Å². The summed E-state index contributed by atoms with van der Waals surface area (Å²) in [5.41, 5.74) is 2.47. The minimum absolute atomic E-state index is 0.109. The Morgan fingerprint density at radius 1 is 1.36 bits per heavy atom. The smallest absolute Gasteiger partial charge is 0.234 e. The standard InChI is InChI=1S/C15H13ClN4O2/c1-9-6-12(22-20-9)7-14(21)19-15-17-8-13(18-15)10-2-4-11(16)5-3-10/h2-6,8H,7H2,1H3,(H2,17,18,19,21). The van der Waals surface area contributed by atoms with Gasteiger partial charge in [0, 0.05) is 11.1 Å². The van der Waals surface area contributed by atoms with E-state index in [0.717, 1.165) is 17.0 Å². The zero-order chi connectivity index (χ0) is 15.5. The number of rotatable bonds is 4. The van der Waals surface area contributed by atoms with Crippen molar-refractivity contribution in [1.29, 1.82) is 0 Å². The maximum absolute atomic E-state index is 11.9. The summed E-state index contributed by atoms with van der Waals surface area (Å²) in [5, 5.41) is 7.09. The summed E-state index contributed by atoms with van der Waals surface area (Å²) in [5.74, 6) is 0.666. The SMILES string of the molecule is Cc1cc(CC(=O)Nc2ncc(-c3ccc(Cl)cc3)[nH]2)on1. The van der Waals surface area contributed by atoms with E-state index < -0.39 is 0 Å². The number of H-pyrrole nitrogens is 1. The van der Waals surface area contributed by atoms with E-state index in [9.17, 15) is 4.79 Å². The summed E-state index contributed by atoms with van der Waals surface area (Å²) in [6.45, 7) is 1.80. The molecule has 0 spiro atoms. The fourth-order valence-corrected chi connectivity index (χ4v) is 2.12. The number of anilines is 1. The number of carbonyl (C=O) groups is 1. The van der Waals surface area contributed by atoms with Gasteiger partial charge < -0.3 is 9.51 Å². The van der Waals surface area contributed by atoms with Gasteiger partial charge in [0.05, 0.1) is 24.0 Å². The summed E-state index contributed by atoms with van der Waals surface area (Å²) in [6.07, 6.45) is 1.76. The molecule has 0 saturated carbocycles. The van der Waals surface area contributed by atoms with Gasteiger partial charge in [0.15, 0.2) is 0 Å². The molecule has 0 aliphatic carbocycles. The average Bonchev–Trinajstić information content (AvgIpc) is 3.09. The van der Waals surface area contributed by atoms with Crippen LogP contribution in [0.3, 0.4) is 0 Å². The molecule has 0 aliphatic heterocycles. The maximum Gasteiger partial charge on any atom is 0.234 e. The van der Waals surface area contributed by atoms with Crippen molar-refractivity contribution in [3.8, 4) is 11.3 Å². The molecule has 2 N–H and O–H groups in total. The summed E-state index contributed by atoms with van der Waals surface area (Å²) in [6, 6.07) is 9.06. The predicted molar refractivity (Wildman–Crippen MR) is 82.6 cm³/mol. The van der Waals surface area contributed by atoms with Crippen LogP contribution in [0.15, 0.2) is 41.1 Å². The van der Waals surface area contributed by atoms with Crippen molar-refractivity contribution in [2.45, 2.75) is 13.3 Å². The van der Waals surface area contributed by atoms with Gasteiger partial charge in [-0.2, -0.15) is 0 Å². The molecule has 7 heteroatoms. The van der Waals surface area contributed by atoms with Gasteiger partial charge in [-0.05, 0) is 24.6 Å². The first-order valence-electron chi connectivity index (χ1n) is 6.63. The lowest BCUT2D eigenvalue weighted by Crippen LogP contribution is -2.14. The number of carbonyl (C=O) groups excluding carboxylic acids is 1. The van der Waals surface area contributed by atoms with Crippen molar-refractivity contribution in [2.75, 3.05) is 5.32 Å². The highest BCUT2D eigenvalue weighted by Gasteiger charge is 2.10. The highest BCUT2D eigenvalue weighted by Crippen LogP contribution is 2.20. The average molecular weight is 317 g/mol. The van der Waals surface area contributed by atoms with Gasteiger partial charge in [-0.25, -0.2) is 4.98 Å². The van der Waals surface area contributed by atoms with Gasteiger partial charge in [0.1, 0.15) is 5.76 Å². The van der Waals surface area contributed by atoms with Crippen LogP contribution in [0.25, 0.3) is 11.3 Å². The number of halogens is 1. The van der Waals surface area contributed by atoms with Crippen molar-refractivity contribution in [2.24, 2.45) is 0 Å². The number of nitrogens with zero attached hydrogens (tertiary/aromatic N) is 2. The van der Waals surface area contributed by atoms with Crippen LogP contribution >= 0.6 is 11.6 Å². The number of aryl methyl sites for hydroxylation is 1. The van der Waals surface area contributed by atoms with Crippen LogP contribution in [0.4, 0.5) is 5.95 Å². The van der Waals surface area contributed by atoms with E-state index in [0.29, 0.717) is 16.7 Å². The third kappa shape index (κ3) is 3.35. The van der Waals surface area contributed by atoms with Crippen LogP contribution < -0.4 is 5.32 Å². The lowest BCUT2D eigenvalue weighted by atomic mass is 10.2. The molecule has 0 unspecified atom stereocenters. The third-order valence-corrected chi connectivity index (χ3v) is 3.25. The number of benzene rings is 1. The number of aromatic amines is 1. The van der Waals surface area contributed by atoms with Gasteiger partial charge in [-0.15, -0.1) is 0 Å². The van der Waals surface area contributed by atoms with Gasteiger partial charge >= 0.3 is 0 Å². The first-order chi connectivity index (χ1) is 10.6. The highest BCUT2D eigenvalue weighted by atomic mass is 35.5. The lowest BCUT2D eigenvalue weighted by Gasteiger charge is -2.00. The zero-order valence-electron chi connectivity index (χ0n) is 11.8. The fourth-order valence-electron chi connectivity index (χ4n) is 2.00. The molecule has 0 fully saturated rings. The van der Waals surface area contributed by atoms with E-state index in [4.69, 9.17) is 16.1 Å².